The van der Waals surface area contributed by atoms with Crippen LogP contribution < -0.4 is 0 Å². The smallest absolute Gasteiger partial charge is 0.410 e. The van der Waals surface area contributed by atoms with Crippen molar-refractivity contribution in [3.63, 3.8) is 0 Å². The van der Waals surface area contributed by atoms with E-state index in [4.69, 9.17) is 9.47 Å². The van der Waals surface area contributed by atoms with Gasteiger partial charge in [-0.1, -0.05) is 52.0 Å². The summed E-state index contributed by atoms with van der Waals surface area (Å²) >= 11 is 0. The molecule has 0 radical (unpaired) electrons. The predicted molar refractivity (Wildman–Crippen MR) is 172 cm³/mol. The van der Waals surface area contributed by atoms with Crippen molar-refractivity contribution < 1.29 is 33.6 Å². The van der Waals surface area contributed by atoms with E-state index in [-0.39, 0.29) is 35.0 Å². The van der Waals surface area contributed by atoms with E-state index in [9.17, 15) is 29.3 Å². The molecule has 1 aromatic heterocycles. The van der Waals surface area contributed by atoms with Crippen molar-refractivity contribution in [1.82, 2.24) is 19.9 Å². The third kappa shape index (κ3) is 7.70. The molecule has 0 aliphatic carbocycles. The number of amides is 1. The van der Waals surface area contributed by atoms with Crippen LogP contribution in [0.4, 0.5) is 10.5 Å². The lowest BCUT2D eigenvalue weighted by atomic mass is 9.75. The van der Waals surface area contributed by atoms with Crippen LogP contribution in [-0.2, 0) is 30.4 Å². The number of hydrogen-bond acceptors (Lipinski definition) is 10. The summed E-state index contributed by atoms with van der Waals surface area (Å²) in [4.78, 5) is 66.1. The maximum Gasteiger partial charge on any atom is 0.410 e. The van der Waals surface area contributed by atoms with E-state index in [2.05, 4.69) is 10.3 Å². The van der Waals surface area contributed by atoms with Crippen LogP contribution >= 0.6 is 0 Å². The van der Waals surface area contributed by atoms with Gasteiger partial charge in [-0.2, -0.15) is 0 Å². The number of unbranched alkanes of at least 4 members (excludes halogenated alkanes) is 1. The molecule has 3 heterocycles. The summed E-state index contributed by atoms with van der Waals surface area (Å²) in [5.74, 6) is -3.01. The summed E-state index contributed by atoms with van der Waals surface area (Å²) in [7, 11) is 0. The number of fused-ring (bicyclic) bond motifs is 1. The highest BCUT2D eigenvalue weighted by Crippen LogP contribution is 2.41. The highest BCUT2D eigenvalue weighted by atomic mass is 16.6. The van der Waals surface area contributed by atoms with E-state index in [0.29, 0.717) is 56.5 Å². The summed E-state index contributed by atoms with van der Waals surface area (Å²) in [5.41, 5.74) is -0.262. The minimum Gasteiger partial charge on any atom is -0.458 e. The second-order valence-electron chi connectivity index (χ2n) is 13.6. The topological polar surface area (TPSA) is 164 Å². The molecule has 2 aliphatic rings. The highest BCUT2D eigenvalue weighted by Gasteiger charge is 2.59. The molecule has 0 N–H and O–H groups in total. The number of aromatic nitrogens is 3. The summed E-state index contributed by atoms with van der Waals surface area (Å²) in [5, 5.41) is 19.5. The average Bonchev–Trinajstić information content (AvgIpc) is 3.61. The number of cyclic esters (lactones) is 1. The lowest BCUT2D eigenvalue weighted by Gasteiger charge is -2.40. The van der Waals surface area contributed by atoms with E-state index in [1.54, 1.807) is 41.8 Å². The largest absolute Gasteiger partial charge is 0.458 e. The molecule has 0 unspecified atom stereocenters. The molecule has 256 valence electrons. The van der Waals surface area contributed by atoms with Gasteiger partial charge in [0.15, 0.2) is 5.60 Å². The first-order valence-corrected chi connectivity index (χ1v) is 16.6. The fraction of sp³-hybridized carbons (Fsp3) is 0.647. The molecule has 2 aliphatic heterocycles. The second kappa shape index (κ2) is 14.7. The number of carbonyl (C=O) groups is 4. The molecule has 4 rings (SSSR count). The van der Waals surface area contributed by atoms with Gasteiger partial charge in [0.2, 0.25) is 0 Å². The van der Waals surface area contributed by atoms with Crippen LogP contribution in [0.1, 0.15) is 80.6 Å². The summed E-state index contributed by atoms with van der Waals surface area (Å²) in [6, 6.07) is 5.49. The quantitative estimate of drug-likeness (QED) is 0.114. The number of nitrogens with zero attached hydrogens (tertiary/aromatic N) is 5. The van der Waals surface area contributed by atoms with E-state index in [1.165, 1.54) is 12.1 Å². The molecular formula is C34H47N5O8. The van der Waals surface area contributed by atoms with Crippen LogP contribution in [0.5, 0.6) is 0 Å². The Morgan fingerprint density at radius 3 is 2.32 bits per heavy atom. The molecule has 1 amide bonds. The fourth-order valence-corrected chi connectivity index (χ4v) is 7.39. The molecule has 2 fully saturated rings. The minimum atomic E-state index is -1.32. The Morgan fingerprint density at radius 1 is 1.00 bits per heavy atom. The first-order valence-electron chi connectivity index (χ1n) is 16.6. The van der Waals surface area contributed by atoms with Gasteiger partial charge >= 0.3 is 12.1 Å². The predicted octanol–water partition coefficient (Wildman–Crippen LogP) is 5.65. The zero-order chi connectivity index (χ0) is 34.6. The Balaban J connectivity index is 1.53. The van der Waals surface area contributed by atoms with Crippen molar-refractivity contribution in [3.05, 3.63) is 40.6 Å². The average molecular weight is 654 g/mol. The molecule has 47 heavy (non-hydrogen) atoms. The number of hydrogen-bond donors (Lipinski definition) is 0. The molecule has 0 spiro atoms. The van der Waals surface area contributed by atoms with Crippen molar-refractivity contribution in [2.24, 2.45) is 29.6 Å². The number of nitro groups is 1. The number of ketones is 2. The number of non-ortho nitro benzene ring substituents is 1. The van der Waals surface area contributed by atoms with Crippen molar-refractivity contribution in [3.8, 4) is 11.3 Å². The zero-order valence-corrected chi connectivity index (χ0v) is 28.4. The van der Waals surface area contributed by atoms with E-state index < -0.39 is 46.6 Å². The number of ether oxygens (including phenoxy) is 2. The number of Topliss-reactive ketones (excluding diaryl/α,β-unsaturated/α-hetero) is 2. The maximum absolute atomic E-state index is 13.9. The minimum absolute atomic E-state index is 0.00162. The van der Waals surface area contributed by atoms with Gasteiger partial charge in [0, 0.05) is 48.5 Å². The molecule has 8 atom stereocenters. The number of benzene rings is 1. The standard InChI is InChI=1S/C34H47N5O8/c1-8-28-34(7)31(23(5)29(40)21(3)16-20(2)17-22(4)30(41)24(6)32(42)46-28)38(33(43)47-34)15-10-9-14-37-19-27(35-36-37)25-12-11-13-26(18-25)39(44)45/h11-13,18-24,28,31H,8-10,14-17H2,1-7H3/t20-,21+,22+,23-,24+,28+,31-,34+/m0/s1. The van der Waals surface area contributed by atoms with Gasteiger partial charge in [-0.25, -0.2) is 4.79 Å². The van der Waals surface area contributed by atoms with Gasteiger partial charge in [0.1, 0.15) is 29.3 Å². The van der Waals surface area contributed by atoms with Crippen LogP contribution in [0.3, 0.4) is 0 Å². The summed E-state index contributed by atoms with van der Waals surface area (Å²) < 4.78 is 13.6. The van der Waals surface area contributed by atoms with E-state index >= 15 is 0 Å². The van der Waals surface area contributed by atoms with Gasteiger partial charge in [0.25, 0.3) is 5.69 Å². The van der Waals surface area contributed by atoms with Crippen molar-refractivity contribution in [2.75, 3.05) is 6.54 Å². The van der Waals surface area contributed by atoms with Gasteiger partial charge in [-0.05, 0) is 51.9 Å². The van der Waals surface area contributed by atoms with Crippen LogP contribution in [0.2, 0.25) is 0 Å². The number of esters is 1. The van der Waals surface area contributed by atoms with Gasteiger partial charge in [0.05, 0.1) is 17.2 Å². The third-order valence-corrected chi connectivity index (χ3v) is 9.85. The highest BCUT2D eigenvalue weighted by molar-refractivity contribution is 5.99. The Labute approximate surface area is 275 Å². The van der Waals surface area contributed by atoms with E-state index in [1.807, 2.05) is 34.6 Å². The lowest BCUT2D eigenvalue weighted by Crippen LogP contribution is -2.57. The van der Waals surface area contributed by atoms with Crippen molar-refractivity contribution in [2.45, 2.75) is 105 Å². The molecule has 0 bridgehead atoms. The van der Waals surface area contributed by atoms with Gasteiger partial charge in [-0.3, -0.25) is 29.2 Å². The Hall–Kier alpha value is -4.16. The molecule has 0 saturated carbocycles. The summed E-state index contributed by atoms with van der Waals surface area (Å²) in [6.07, 6.45) is 2.92. The second-order valence-corrected chi connectivity index (χ2v) is 13.6. The first kappa shape index (κ1) is 35.7. The molecule has 2 saturated heterocycles. The van der Waals surface area contributed by atoms with Gasteiger partial charge < -0.3 is 14.4 Å². The van der Waals surface area contributed by atoms with Crippen LogP contribution in [0.15, 0.2) is 30.5 Å². The monoisotopic (exact) mass is 653 g/mol. The molecule has 13 heteroatoms. The molecular weight excluding hydrogens is 606 g/mol. The van der Waals surface area contributed by atoms with Crippen molar-refractivity contribution >= 4 is 29.3 Å². The Bertz CT molecular complexity index is 1490. The molecule has 2 aromatic rings. The number of carbonyl (C=O) groups excluding carboxylic acids is 4. The van der Waals surface area contributed by atoms with E-state index in [0.717, 1.165) is 0 Å². The van der Waals surface area contributed by atoms with Crippen LogP contribution in [0, 0.1) is 39.7 Å². The zero-order valence-electron chi connectivity index (χ0n) is 28.4. The number of nitro benzene ring substituents is 1. The Kier molecular flexibility index (Phi) is 11.2. The van der Waals surface area contributed by atoms with Gasteiger partial charge in [-0.15, -0.1) is 5.10 Å². The number of aryl methyl sites for hydroxylation is 1. The number of rotatable bonds is 8. The Morgan fingerprint density at radius 2 is 1.66 bits per heavy atom. The molecule has 13 nitrogen and oxygen atoms in total. The lowest BCUT2D eigenvalue weighted by molar-refractivity contribution is -0.384. The van der Waals surface area contributed by atoms with Crippen molar-refractivity contribution in [1.29, 1.82) is 0 Å². The first-order chi connectivity index (χ1) is 22.2. The fourth-order valence-electron chi connectivity index (χ4n) is 7.39. The van der Waals surface area contributed by atoms with Crippen LogP contribution in [-0.4, -0.2) is 72.7 Å². The normalized spacial score (nSPS) is 30.8. The maximum atomic E-state index is 13.9. The molecule has 1 aromatic carbocycles. The third-order valence-electron chi connectivity index (χ3n) is 9.85. The van der Waals surface area contributed by atoms with Crippen LogP contribution in [0.25, 0.3) is 11.3 Å². The summed E-state index contributed by atoms with van der Waals surface area (Å²) in [6.45, 7) is 13.4. The SMILES string of the molecule is CC[C@H]1OC(=O)[C@H](C)C(=O)[C@H](C)C[C@@H](C)C[C@@H](C)C(=O)[C@H](C)[C@@H]2N(CCCCn3cc(-c4cccc([N+](=O)[O-])c4)nn3)C(=O)O[C@@]21C.